The van der Waals surface area contributed by atoms with E-state index in [-0.39, 0.29) is 11.4 Å². The van der Waals surface area contributed by atoms with Crippen LogP contribution in [0.2, 0.25) is 0 Å². The molecule has 1 aromatic heterocycles. The zero-order valence-corrected chi connectivity index (χ0v) is 13.9. The Morgan fingerprint density at radius 2 is 2.04 bits per heavy atom. The third kappa shape index (κ3) is 3.69. The molecular formula is C18H19FN4O. The maximum absolute atomic E-state index is 13.1. The number of aryl methyl sites for hydroxylation is 1. The van der Waals surface area contributed by atoms with Crippen LogP contribution in [0.3, 0.4) is 0 Å². The number of benzene rings is 1. The van der Waals surface area contributed by atoms with E-state index < -0.39 is 5.91 Å². The lowest BCUT2D eigenvalue weighted by molar-refractivity contribution is -0.117. The molecule has 1 heterocycles. The van der Waals surface area contributed by atoms with Crippen molar-refractivity contribution in [2.24, 2.45) is 0 Å². The summed E-state index contributed by atoms with van der Waals surface area (Å²) in [5.41, 5.74) is 2.92. The molecule has 0 atom stereocenters. The van der Waals surface area contributed by atoms with Gasteiger partial charge in [-0.3, -0.25) is 4.79 Å². The second kappa shape index (κ2) is 7.55. The van der Waals surface area contributed by atoms with E-state index in [0.717, 1.165) is 12.1 Å². The molecule has 0 aliphatic carbocycles. The zero-order chi connectivity index (χ0) is 17.7. The van der Waals surface area contributed by atoms with Crippen molar-refractivity contribution in [3.05, 3.63) is 52.6 Å². The number of hydrogen-bond acceptors (Lipinski definition) is 3. The first-order valence-corrected chi connectivity index (χ1v) is 7.70. The summed E-state index contributed by atoms with van der Waals surface area (Å²) < 4.78 is 14.7. The van der Waals surface area contributed by atoms with Crippen LogP contribution in [0.5, 0.6) is 0 Å². The highest BCUT2D eigenvalue weighted by Gasteiger charge is 2.15. The van der Waals surface area contributed by atoms with Crippen molar-refractivity contribution >= 4 is 12.0 Å². The van der Waals surface area contributed by atoms with Gasteiger partial charge in [-0.1, -0.05) is 6.92 Å². The predicted molar refractivity (Wildman–Crippen MR) is 89.9 cm³/mol. The average molecular weight is 326 g/mol. The topological polar surface area (TPSA) is 70.7 Å². The van der Waals surface area contributed by atoms with Crippen molar-refractivity contribution in [3.63, 3.8) is 0 Å². The van der Waals surface area contributed by atoms with E-state index in [1.165, 1.54) is 12.1 Å². The van der Waals surface area contributed by atoms with E-state index in [1.54, 1.807) is 29.8 Å². The van der Waals surface area contributed by atoms with E-state index in [4.69, 9.17) is 0 Å². The maximum Gasteiger partial charge on any atom is 0.261 e. The molecule has 0 aliphatic heterocycles. The Bertz CT molecular complexity index is 813. The van der Waals surface area contributed by atoms with Gasteiger partial charge in [-0.05, 0) is 50.6 Å². The first kappa shape index (κ1) is 17.4. The molecule has 5 nitrogen and oxygen atoms in total. The van der Waals surface area contributed by atoms with Gasteiger partial charge < -0.3 is 5.32 Å². The third-order valence-electron chi connectivity index (χ3n) is 3.61. The van der Waals surface area contributed by atoms with Crippen molar-refractivity contribution < 1.29 is 9.18 Å². The number of carbonyl (C=O) groups is 1. The molecule has 0 bridgehead atoms. The van der Waals surface area contributed by atoms with Gasteiger partial charge >= 0.3 is 0 Å². The van der Waals surface area contributed by atoms with Gasteiger partial charge in [0.1, 0.15) is 17.5 Å². The lowest BCUT2D eigenvalue weighted by Gasteiger charge is -2.05. The Morgan fingerprint density at radius 3 is 2.62 bits per heavy atom. The molecule has 1 N–H and O–H groups in total. The first-order chi connectivity index (χ1) is 11.5. The molecule has 2 rings (SSSR count). The molecule has 2 aromatic rings. The normalized spacial score (nSPS) is 11.2. The second-order valence-electron chi connectivity index (χ2n) is 5.40. The standard InChI is InChI=1S/C18H19FN4O/c1-4-9-21-18(24)14(11-20)10-17-12(2)22-23(13(17)3)16-7-5-15(19)6-8-16/h5-8,10H,4,9H2,1-3H3,(H,21,24)/b14-10+. The summed E-state index contributed by atoms with van der Waals surface area (Å²) >= 11 is 0. The molecule has 0 spiro atoms. The highest BCUT2D eigenvalue weighted by Crippen LogP contribution is 2.20. The fourth-order valence-electron chi connectivity index (χ4n) is 2.32. The fourth-order valence-corrected chi connectivity index (χ4v) is 2.32. The van der Waals surface area contributed by atoms with Gasteiger partial charge in [0.05, 0.1) is 11.4 Å². The minimum atomic E-state index is -0.396. The summed E-state index contributed by atoms with van der Waals surface area (Å²) in [4.78, 5) is 12.0. The van der Waals surface area contributed by atoms with Crippen LogP contribution in [-0.4, -0.2) is 22.2 Å². The van der Waals surface area contributed by atoms with Crippen LogP contribution in [0, 0.1) is 31.0 Å². The van der Waals surface area contributed by atoms with Crippen LogP contribution in [-0.2, 0) is 4.79 Å². The largest absolute Gasteiger partial charge is 0.351 e. The maximum atomic E-state index is 13.1. The van der Waals surface area contributed by atoms with Crippen molar-refractivity contribution in [2.75, 3.05) is 6.54 Å². The molecule has 1 amide bonds. The molecule has 0 fully saturated rings. The number of nitrogens with one attached hydrogen (secondary N) is 1. The molecule has 0 saturated heterocycles. The molecule has 0 unspecified atom stereocenters. The second-order valence-corrected chi connectivity index (χ2v) is 5.40. The summed E-state index contributed by atoms with van der Waals surface area (Å²) in [5.74, 6) is -0.715. The lowest BCUT2D eigenvalue weighted by atomic mass is 10.1. The molecule has 24 heavy (non-hydrogen) atoms. The quantitative estimate of drug-likeness (QED) is 0.678. The summed E-state index contributed by atoms with van der Waals surface area (Å²) in [6.07, 6.45) is 2.34. The summed E-state index contributed by atoms with van der Waals surface area (Å²) in [7, 11) is 0. The van der Waals surface area contributed by atoms with E-state index in [0.29, 0.717) is 23.5 Å². The minimum absolute atomic E-state index is 0.0355. The lowest BCUT2D eigenvalue weighted by Crippen LogP contribution is -2.25. The summed E-state index contributed by atoms with van der Waals surface area (Å²) in [6.45, 7) is 6.10. The van der Waals surface area contributed by atoms with Crippen molar-refractivity contribution in [3.8, 4) is 11.8 Å². The van der Waals surface area contributed by atoms with E-state index >= 15 is 0 Å². The fraction of sp³-hybridized carbons (Fsp3) is 0.278. The molecule has 0 aliphatic rings. The number of carbonyl (C=O) groups excluding carboxylic acids is 1. The van der Waals surface area contributed by atoms with Gasteiger partial charge in [-0.25, -0.2) is 9.07 Å². The molecule has 0 saturated carbocycles. The Kier molecular flexibility index (Phi) is 5.48. The Hall–Kier alpha value is -2.94. The van der Waals surface area contributed by atoms with Gasteiger partial charge in [-0.15, -0.1) is 0 Å². The number of hydrogen-bond donors (Lipinski definition) is 1. The van der Waals surface area contributed by atoms with Crippen LogP contribution < -0.4 is 5.32 Å². The monoisotopic (exact) mass is 326 g/mol. The molecule has 1 aromatic carbocycles. The SMILES string of the molecule is CCCNC(=O)/C(C#N)=C/c1c(C)nn(-c2ccc(F)cc2)c1C. The minimum Gasteiger partial charge on any atom is -0.351 e. The molecule has 124 valence electrons. The van der Waals surface area contributed by atoms with E-state index in [2.05, 4.69) is 10.4 Å². The molecule has 0 radical (unpaired) electrons. The van der Waals surface area contributed by atoms with Crippen LogP contribution in [0.1, 0.15) is 30.3 Å². The Labute approximate surface area is 140 Å². The molecule has 6 heteroatoms. The van der Waals surface area contributed by atoms with Crippen molar-refractivity contribution in [2.45, 2.75) is 27.2 Å². The highest BCUT2D eigenvalue weighted by atomic mass is 19.1. The van der Waals surface area contributed by atoms with Gasteiger partial charge in [-0.2, -0.15) is 10.4 Å². The average Bonchev–Trinajstić information content (AvgIpc) is 2.85. The zero-order valence-electron chi connectivity index (χ0n) is 13.9. The molecular weight excluding hydrogens is 307 g/mol. The Balaban J connectivity index is 2.41. The Morgan fingerprint density at radius 1 is 1.38 bits per heavy atom. The predicted octanol–water partition coefficient (Wildman–Crippen LogP) is 3.06. The van der Waals surface area contributed by atoms with Crippen LogP contribution in [0.4, 0.5) is 4.39 Å². The van der Waals surface area contributed by atoms with Gasteiger partial charge in [0.2, 0.25) is 0 Å². The number of nitrogens with zero attached hydrogens (tertiary/aromatic N) is 3. The summed E-state index contributed by atoms with van der Waals surface area (Å²) in [6, 6.07) is 7.91. The number of aromatic nitrogens is 2. The van der Waals surface area contributed by atoms with E-state index in [1.807, 2.05) is 19.9 Å². The number of amides is 1. The number of nitriles is 1. The smallest absolute Gasteiger partial charge is 0.261 e. The van der Waals surface area contributed by atoms with Crippen LogP contribution in [0.25, 0.3) is 11.8 Å². The first-order valence-electron chi connectivity index (χ1n) is 7.70. The van der Waals surface area contributed by atoms with Crippen LogP contribution in [0.15, 0.2) is 29.8 Å². The number of rotatable bonds is 5. The van der Waals surface area contributed by atoms with Crippen LogP contribution >= 0.6 is 0 Å². The van der Waals surface area contributed by atoms with Gasteiger partial charge in [0.25, 0.3) is 5.91 Å². The van der Waals surface area contributed by atoms with Crippen molar-refractivity contribution in [1.82, 2.24) is 15.1 Å². The number of halogens is 1. The van der Waals surface area contributed by atoms with E-state index in [9.17, 15) is 14.4 Å². The van der Waals surface area contributed by atoms with Gasteiger partial charge in [0, 0.05) is 17.8 Å². The van der Waals surface area contributed by atoms with Gasteiger partial charge in [0.15, 0.2) is 0 Å². The third-order valence-corrected chi connectivity index (χ3v) is 3.61. The summed E-state index contributed by atoms with van der Waals surface area (Å²) in [5, 5.41) is 16.4. The highest BCUT2D eigenvalue weighted by molar-refractivity contribution is 6.01. The van der Waals surface area contributed by atoms with Crippen molar-refractivity contribution in [1.29, 1.82) is 5.26 Å².